The maximum Gasteiger partial charge on any atom is 0.296 e. The van der Waals surface area contributed by atoms with Crippen LogP contribution in [0, 0.1) is 0 Å². The average molecular weight is 408 g/mol. The summed E-state index contributed by atoms with van der Waals surface area (Å²) in [6.07, 6.45) is 0.909. The van der Waals surface area contributed by atoms with Crippen LogP contribution in [-0.4, -0.2) is 40.0 Å². The third-order valence-electron chi connectivity index (χ3n) is 4.30. The normalized spacial score (nSPS) is 20.9. The molecule has 2 N–H and O–H groups in total. The van der Waals surface area contributed by atoms with Crippen molar-refractivity contribution in [3.63, 3.8) is 0 Å². The summed E-state index contributed by atoms with van der Waals surface area (Å²) >= 11 is 0. The molecule has 2 aromatic rings. The van der Waals surface area contributed by atoms with Crippen molar-refractivity contribution in [3.8, 4) is 0 Å². The van der Waals surface area contributed by atoms with Gasteiger partial charge < -0.3 is 0 Å². The van der Waals surface area contributed by atoms with Crippen molar-refractivity contribution < 1.29 is 26.4 Å². The number of ketones is 1. The van der Waals surface area contributed by atoms with E-state index in [1.165, 1.54) is 24.3 Å². The molecule has 0 aromatic heterocycles. The first kappa shape index (κ1) is 19.2. The van der Waals surface area contributed by atoms with Gasteiger partial charge in [-0.25, -0.2) is 22.0 Å². The molecule has 1 amide bonds. The molecule has 27 heavy (non-hydrogen) atoms. The van der Waals surface area contributed by atoms with Gasteiger partial charge in [-0.3, -0.25) is 14.5 Å². The lowest BCUT2D eigenvalue weighted by atomic mass is 10.0. The molecule has 1 saturated heterocycles. The maximum atomic E-state index is 12.6. The van der Waals surface area contributed by atoms with E-state index in [2.05, 4.69) is 0 Å². The topological polar surface area (TPSA) is 132 Å². The second-order valence-corrected chi connectivity index (χ2v) is 9.91. The number of carbonyl (C=O) groups excluding carboxylic acids is 2. The highest BCUT2D eigenvalue weighted by Gasteiger charge is 2.53. The Labute approximate surface area is 156 Å². The molecular formula is C17H16N2O6S2. The van der Waals surface area contributed by atoms with Crippen molar-refractivity contribution in [1.29, 1.82) is 0 Å². The van der Waals surface area contributed by atoms with Gasteiger partial charge in [0.15, 0.2) is 15.1 Å². The predicted octanol–water partition coefficient (Wildman–Crippen LogP) is 0.404. The minimum absolute atomic E-state index is 0.167. The predicted molar refractivity (Wildman–Crippen MR) is 98.1 cm³/mol. The fourth-order valence-electron chi connectivity index (χ4n) is 3.12. The number of hydrogen-bond acceptors (Lipinski definition) is 6. The van der Waals surface area contributed by atoms with Gasteiger partial charge in [-0.2, -0.15) is 0 Å². The molecule has 0 bridgehead atoms. The lowest BCUT2D eigenvalue weighted by molar-refractivity contribution is -0.133. The van der Waals surface area contributed by atoms with Crippen molar-refractivity contribution in [2.45, 2.75) is 16.2 Å². The Hall–Kier alpha value is -2.56. The van der Waals surface area contributed by atoms with Crippen molar-refractivity contribution >= 4 is 37.2 Å². The Morgan fingerprint density at radius 2 is 1.44 bits per heavy atom. The molecule has 3 rings (SSSR count). The summed E-state index contributed by atoms with van der Waals surface area (Å²) in [4.78, 5) is 26.0. The zero-order valence-electron chi connectivity index (χ0n) is 14.1. The molecule has 8 nitrogen and oxygen atoms in total. The average Bonchev–Trinajstić information content (AvgIpc) is 2.86. The number of hydrogen-bond donors (Lipinski definition) is 1. The van der Waals surface area contributed by atoms with Crippen LogP contribution in [0.25, 0.3) is 0 Å². The number of nitrogens with zero attached hydrogens (tertiary/aromatic N) is 1. The second kappa shape index (κ2) is 6.55. The van der Waals surface area contributed by atoms with Crippen LogP contribution < -0.4 is 10.0 Å². The van der Waals surface area contributed by atoms with Crippen LogP contribution >= 0.6 is 0 Å². The first-order valence-corrected chi connectivity index (χ1v) is 11.3. The third-order valence-corrected chi connectivity index (χ3v) is 6.62. The smallest absolute Gasteiger partial charge is 0.296 e. The first-order chi connectivity index (χ1) is 12.5. The maximum absolute atomic E-state index is 12.6. The van der Waals surface area contributed by atoms with Crippen LogP contribution in [0.4, 0.5) is 5.69 Å². The zero-order valence-corrected chi connectivity index (χ0v) is 15.8. The second-order valence-electron chi connectivity index (χ2n) is 6.18. The summed E-state index contributed by atoms with van der Waals surface area (Å²) in [6, 6.07) is 12.3. The summed E-state index contributed by atoms with van der Waals surface area (Å²) in [5.74, 6) is -2.00. The van der Waals surface area contributed by atoms with Gasteiger partial charge in [-0.1, -0.05) is 30.3 Å². The number of anilines is 1. The van der Waals surface area contributed by atoms with E-state index in [0.29, 0.717) is 5.56 Å². The molecule has 0 spiro atoms. The molecule has 2 atom stereocenters. The molecule has 0 radical (unpaired) electrons. The van der Waals surface area contributed by atoms with Gasteiger partial charge in [0.2, 0.25) is 15.8 Å². The molecule has 2 aromatic carbocycles. The molecule has 10 heteroatoms. The van der Waals surface area contributed by atoms with Crippen LogP contribution in [-0.2, 0) is 29.4 Å². The van der Waals surface area contributed by atoms with Gasteiger partial charge in [-0.15, -0.1) is 0 Å². The van der Waals surface area contributed by atoms with Crippen molar-refractivity contribution in [3.05, 3.63) is 60.2 Å². The Kier molecular flexibility index (Phi) is 4.66. The number of primary sulfonamides is 1. The van der Waals surface area contributed by atoms with E-state index < -0.39 is 42.8 Å². The highest BCUT2D eigenvalue weighted by molar-refractivity contribution is 7.92. The highest BCUT2D eigenvalue weighted by atomic mass is 32.2. The van der Waals surface area contributed by atoms with E-state index in [0.717, 1.165) is 11.2 Å². The van der Waals surface area contributed by atoms with Crippen molar-refractivity contribution in [1.82, 2.24) is 0 Å². The van der Waals surface area contributed by atoms with E-state index in [4.69, 9.17) is 5.14 Å². The summed E-state index contributed by atoms with van der Waals surface area (Å²) in [5, 5.41) is 3.51. The number of carbonyl (C=O) groups is 2. The van der Waals surface area contributed by atoms with E-state index in [-0.39, 0.29) is 10.6 Å². The van der Waals surface area contributed by atoms with Crippen LogP contribution in [0.2, 0.25) is 0 Å². The molecule has 0 saturated carbocycles. The summed E-state index contributed by atoms with van der Waals surface area (Å²) in [5.41, 5.74) is 0.670. The van der Waals surface area contributed by atoms with Gasteiger partial charge in [0.05, 0.1) is 10.9 Å². The Bertz CT molecular complexity index is 1110. The van der Waals surface area contributed by atoms with Gasteiger partial charge in [0.1, 0.15) is 0 Å². The van der Waals surface area contributed by atoms with E-state index in [9.17, 15) is 26.4 Å². The molecule has 1 aliphatic heterocycles. The number of Topliss-reactive ketones (excluding diaryl/α,β-unsaturated/α-hetero) is 1. The minimum Gasteiger partial charge on any atom is -0.296 e. The number of nitrogens with two attached hydrogens (primary N) is 1. The molecule has 0 aliphatic carbocycles. The van der Waals surface area contributed by atoms with Gasteiger partial charge >= 0.3 is 0 Å². The van der Waals surface area contributed by atoms with E-state index in [1.807, 2.05) is 0 Å². The van der Waals surface area contributed by atoms with Crippen LogP contribution in [0.5, 0.6) is 0 Å². The first-order valence-electron chi connectivity index (χ1n) is 7.76. The van der Waals surface area contributed by atoms with Gasteiger partial charge in [-0.05, 0) is 29.8 Å². The Morgan fingerprint density at radius 3 is 1.93 bits per heavy atom. The fourth-order valence-corrected chi connectivity index (χ4v) is 4.87. The Balaban J connectivity index is 2.17. The summed E-state index contributed by atoms with van der Waals surface area (Å²) in [7, 11) is -7.82. The van der Waals surface area contributed by atoms with E-state index in [1.54, 1.807) is 30.3 Å². The largest absolute Gasteiger partial charge is 0.296 e. The van der Waals surface area contributed by atoms with Gasteiger partial charge in [0.25, 0.3) is 5.91 Å². The fraction of sp³-hybridized carbons (Fsp3) is 0.176. The molecule has 1 heterocycles. The monoisotopic (exact) mass is 408 g/mol. The number of benzene rings is 2. The highest BCUT2D eigenvalue weighted by Crippen LogP contribution is 2.39. The zero-order chi connectivity index (χ0) is 20.0. The van der Waals surface area contributed by atoms with Gasteiger partial charge in [0, 0.05) is 11.9 Å². The number of sulfone groups is 1. The van der Waals surface area contributed by atoms with Crippen molar-refractivity contribution in [2.75, 3.05) is 11.2 Å². The standard InChI is InChI=1S/C17H16N2O6S2/c1-26(22,23)16-14(11-5-3-2-4-6-11)19(17(21)15(16)20)12-7-9-13(10-8-12)27(18,24)25/h2-10,14,16H,1H3,(H2,18,24,25)/t14-,16+/m1/s1. The molecule has 0 unspecified atom stereocenters. The third kappa shape index (κ3) is 3.51. The van der Waals surface area contributed by atoms with Crippen LogP contribution in [0.1, 0.15) is 11.6 Å². The number of sulfonamides is 1. The minimum atomic E-state index is -3.93. The summed E-state index contributed by atoms with van der Waals surface area (Å²) < 4.78 is 47.3. The molecular weight excluding hydrogens is 392 g/mol. The van der Waals surface area contributed by atoms with Crippen LogP contribution in [0.3, 0.4) is 0 Å². The van der Waals surface area contributed by atoms with E-state index >= 15 is 0 Å². The molecule has 1 aliphatic rings. The number of rotatable bonds is 4. The Morgan fingerprint density at radius 1 is 0.889 bits per heavy atom. The summed E-state index contributed by atoms with van der Waals surface area (Å²) in [6.45, 7) is 0. The number of amides is 1. The lowest BCUT2D eigenvalue weighted by Gasteiger charge is -2.27. The quantitative estimate of drug-likeness (QED) is 0.729. The van der Waals surface area contributed by atoms with Crippen molar-refractivity contribution in [2.24, 2.45) is 5.14 Å². The lowest BCUT2D eigenvalue weighted by Crippen LogP contribution is -2.33. The van der Waals surface area contributed by atoms with Crippen LogP contribution in [0.15, 0.2) is 59.5 Å². The SMILES string of the molecule is CS(=O)(=O)[C@@H]1C(=O)C(=O)N(c2ccc(S(N)(=O)=O)cc2)[C@@H]1c1ccccc1. The molecule has 142 valence electrons. The molecule has 1 fully saturated rings.